The quantitative estimate of drug-likeness (QED) is 0.481. The van der Waals surface area contributed by atoms with Gasteiger partial charge in [0.05, 0.1) is 42.8 Å². The number of nitrogens with zero attached hydrogens (tertiary/aromatic N) is 5. The van der Waals surface area contributed by atoms with Gasteiger partial charge < -0.3 is 19.4 Å². The fraction of sp³-hybridized carbons (Fsp3) is 0.667. The van der Waals surface area contributed by atoms with Gasteiger partial charge in [-0.15, -0.1) is 0 Å². The molecule has 4 aliphatic heterocycles. The van der Waals surface area contributed by atoms with Crippen LogP contribution in [0.25, 0.3) is 0 Å². The minimum atomic E-state index is -0.461. The van der Waals surface area contributed by atoms with E-state index in [9.17, 15) is 14.9 Å². The van der Waals surface area contributed by atoms with E-state index in [2.05, 4.69) is 77.2 Å². The summed E-state index contributed by atoms with van der Waals surface area (Å²) >= 11 is 0. The number of nitriles is 1. The molecule has 232 valence electrons. The standard InChI is InChI=1S/C33H47N7O3/c1-5-27(41)40-17-16-39(19-24(40)12-14-34)31-26-11-13-33(18-23-9-6-8-22(2)29(23)38(4)21-33)30(42)28(26)35-32(36-31)43-20-25-10-7-15-37(25)3/h5-6,8-9,24-26,28,31-32,35-36H,1,7,10-13,15-21H2,2-4H3/t24?,25?,26?,28?,31?,32?,33-/m0/s1. The van der Waals surface area contributed by atoms with E-state index < -0.39 is 11.8 Å². The number of aryl methyl sites for hydroxylation is 1. The van der Waals surface area contributed by atoms with Gasteiger partial charge in [-0.1, -0.05) is 24.8 Å². The van der Waals surface area contributed by atoms with Crippen LogP contribution >= 0.6 is 0 Å². The average Bonchev–Trinajstić information content (AvgIpc) is 3.41. The SMILES string of the molecule is C=CC(=O)N1CCN(C2NC(OCC3CCCN3C)NC3C(=O)[C@@]4(CCC32)Cc2cccc(C)c2N(C)C4)CC1CC#N. The number of para-hydroxylation sites is 1. The number of Topliss-reactive ketones (excluding diaryl/α,β-unsaturated/α-hetero) is 1. The highest BCUT2D eigenvalue weighted by molar-refractivity contribution is 5.93. The molecule has 1 saturated carbocycles. The number of carbonyl (C=O) groups is 2. The summed E-state index contributed by atoms with van der Waals surface area (Å²) in [6.07, 6.45) is 5.82. The molecular formula is C33H47N7O3. The molecule has 10 heteroatoms. The molecule has 1 aromatic rings. The number of fused-ring (bicyclic) bond motifs is 2. The molecule has 1 aromatic carbocycles. The molecule has 1 amide bonds. The molecule has 1 aliphatic carbocycles. The van der Waals surface area contributed by atoms with E-state index in [1.54, 1.807) is 4.90 Å². The third-order valence-electron chi connectivity index (χ3n) is 10.8. The largest absolute Gasteiger partial charge is 0.373 e. The highest BCUT2D eigenvalue weighted by Gasteiger charge is 2.56. The number of likely N-dealkylation sites (tertiary alicyclic amines) is 1. The third kappa shape index (κ3) is 5.62. The van der Waals surface area contributed by atoms with Crippen LogP contribution in [0.5, 0.6) is 0 Å². The van der Waals surface area contributed by atoms with Gasteiger partial charge in [-0.05, 0) is 69.8 Å². The summed E-state index contributed by atoms with van der Waals surface area (Å²) in [6, 6.07) is 8.52. The molecule has 0 bridgehead atoms. The average molecular weight is 590 g/mol. The zero-order valence-corrected chi connectivity index (χ0v) is 25.9. The molecule has 6 rings (SSSR count). The minimum absolute atomic E-state index is 0.0562. The highest BCUT2D eigenvalue weighted by Crippen LogP contribution is 2.47. The van der Waals surface area contributed by atoms with Gasteiger partial charge in [0.2, 0.25) is 5.91 Å². The number of amides is 1. The Kier molecular flexibility index (Phi) is 8.64. The van der Waals surface area contributed by atoms with Crippen molar-refractivity contribution in [3.8, 4) is 6.07 Å². The summed E-state index contributed by atoms with van der Waals surface area (Å²) in [6.45, 7) is 9.97. The van der Waals surface area contributed by atoms with Crippen molar-refractivity contribution < 1.29 is 14.3 Å². The number of piperazine rings is 1. The number of anilines is 1. The van der Waals surface area contributed by atoms with Gasteiger partial charge in [0.25, 0.3) is 0 Å². The fourth-order valence-corrected chi connectivity index (χ4v) is 8.67. The summed E-state index contributed by atoms with van der Waals surface area (Å²) in [5.74, 6) is 0.209. The Morgan fingerprint density at radius 3 is 2.79 bits per heavy atom. The fourth-order valence-electron chi connectivity index (χ4n) is 8.67. The first-order valence-electron chi connectivity index (χ1n) is 16.0. The number of hydrogen-bond donors (Lipinski definition) is 2. The van der Waals surface area contributed by atoms with Crippen LogP contribution in [0, 0.1) is 29.6 Å². The smallest absolute Gasteiger partial charge is 0.246 e. The van der Waals surface area contributed by atoms with Crippen molar-refractivity contribution in [3.63, 3.8) is 0 Å². The monoisotopic (exact) mass is 589 g/mol. The van der Waals surface area contributed by atoms with Gasteiger partial charge in [-0.25, -0.2) is 0 Å². The maximum Gasteiger partial charge on any atom is 0.246 e. The molecule has 4 heterocycles. The van der Waals surface area contributed by atoms with Crippen molar-refractivity contribution in [2.24, 2.45) is 11.3 Å². The molecule has 4 fully saturated rings. The summed E-state index contributed by atoms with van der Waals surface area (Å²) in [5, 5.41) is 16.9. The molecule has 0 aromatic heterocycles. The number of hydrogen-bond acceptors (Lipinski definition) is 9. The summed E-state index contributed by atoms with van der Waals surface area (Å²) in [4.78, 5) is 36.0. The van der Waals surface area contributed by atoms with Crippen molar-refractivity contribution in [1.29, 1.82) is 5.26 Å². The Balaban J connectivity index is 1.26. The second-order valence-corrected chi connectivity index (χ2v) is 13.5. The number of benzene rings is 1. The van der Waals surface area contributed by atoms with Gasteiger partial charge in [0.1, 0.15) is 0 Å². The van der Waals surface area contributed by atoms with Crippen molar-refractivity contribution in [3.05, 3.63) is 42.0 Å². The highest BCUT2D eigenvalue weighted by atomic mass is 16.5. The molecule has 10 nitrogen and oxygen atoms in total. The number of ether oxygens (including phenoxy) is 1. The minimum Gasteiger partial charge on any atom is -0.373 e. The van der Waals surface area contributed by atoms with E-state index in [0.717, 1.165) is 38.8 Å². The van der Waals surface area contributed by atoms with Gasteiger partial charge in [-0.2, -0.15) is 5.26 Å². The van der Waals surface area contributed by atoms with Crippen molar-refractivity contribution in [1.82, 2.24) is 25.3 Å². The van der Waals surface area contributed by atoms with Crippen LogP contribution in [0.2, 0.25) is 0 Å². The normalized spacial score (nSPS) is 35.0. The number of ketones is 1. The Labute approximate surface area is 256 Å². The molecular weight excluding hydrogens is 542 g/mol. The van der Waals surface area contributed by atoms with Gasteiger partial charge in [-0.3, -0.25) is 25.1 Å². The third-order valence-corrected chi connectivity index (χ3v) is 10.8. The molecule has 43 heavy (non-hydrogen) atoms. The van der Waals surface area contributed by atoms with E-state index in [1.807, 2.05) is 0 Å². The molecule has 7 atom stereocenters. The maximum absolute atomic E-state index is 14.7. The van der Waals surface area contributed by atoms with E-state index >= 15 is 0 Å². The molecule has 1 spiro atoms. The van der Waals surface area contributed by atoms with Crippen LogP contribution in [-0.2, 0) is 20.7 Å². The Hall–Kier alpha value is -2.81. The topological polar surface area (TPSA) is 104 Å². The van der Waals surface area contributed by atoms with E-state index in [1.165, 1.54) is 29.3 Å². The van der Waals surface area contributed by atoms with Crippen LogP contribution in [0.3, 0.4) is 0 Å². The zero-order chi connectivity index (χ0) is 30.3. The Bertz CT molecular complexity index is 1280. The van der Waals surface area contributed by atoms with E-state index in [4.69, 9.17) is 4.74 Å². The van der Waals surface area contributed by atoms with Crippen LogP contribution in [0.1, 0.15) is 43.2 Å². The maximum atomic E-state index is 14.7. The van der Waals surface area contributed by atoms with Crippen molar-refractivity contribution in [2.45, 2.75) is 76.1 Å². The van der Waals surface area contributed by atoms with E-state index in [0.29, 0.717) is 32.3 Å². The van der Waals surface area contributed by atoms with Crippen molar-refractivity contribution in [2.75, 3.05) is 58.3 Å². The predicted molar refractivity (Wildman–Crippen MR) is 165 cm³/mol. The lowest BCUT2D eigenvalue weighted by atomic mass is 9.61. The second kappa shape index (κ2) is 12.3. The first-order valence-corrected chi connectivity index (χ1v) is 16.0. The number of nitrogens with one attached hydrogen (secondary N) is 2. The lowest BCUT2D eigenvalue weighted by Crippen LogP contribution is -2.75. The molecule has 2 N–H and O–H groups in total. The van der Waals surface area contributed by atoms with Crippen molar-refractivity contribution >= 4 is 17.4 Å². The summed E-state index contributed by atoms with van der Waals surface area (Å²) in [5.41, 5.74) is 3.32. The summed E-state index contributed by atoms with van der Waals surface area (Å²) < 4.78 is 6.49. The van der Waals surface area contributed by atoms with Crippen LogP contribution < -0.4 is 15.5 Å². The Morgan fingerprint density at radius 2 is 2.05 bits per heavy atom. The molecule has 5 aliphatic rings. The lowest BCUT2D eigenvalue weighted by molar-refractivity contribution is -0.152. The molecule has 3 saturated heterocycles. The Morgan fingerprint density at radius 1 is 1.21 bits per heavy atom. The first kappa shape index (κ1) is 30.2. The van der Waals surface area contributed by atoms with Crippen LogP contribution in [0.15, 0.2) is 30.9 Å². The van der Waals surface area contributed by atoms with Gasteiger partial charge in [0, 0.05) is 50.9 Å². The van der Waals surface area contributed by atoms with Crippen LogP contribution in [-0.4, -0.2) is 110 Å². The number of likely N-dealkylation sites (N-methyl/N-ethyl adjacent to an activating group) is 1. The summed E-state index contributed by atoms with van der Waals surface area (Å²) in [7, 11) is 4.27. The predicted octanol–water partition coefficient (Wildman–Crippen LogP) is 1.85. The molecule has 0 radical (unpaired) electrons. The van der Waals surface area contributed by atoms with Gasteiger partial charge >= 0.3 is 0 Å². The number of rotatable bonds is 6. The number of carbonyl (C=O) groups excluding carboxylic acids is 2. The lowest BCUT2D eigenvalue weighted by Gasteiger charge is -2.56. The van der Waals surface area contributed by atoms with Gasteiger partial charge in [0.15, 0.2) is 12.1 Å². The zero-order valence-electron chi connectivity index (χ0n) is 25.9. The van der Waals surface area contributed by atoms with Crippen LogP contribution in [0.4, 0.5) is 5.69 Å². The first-order chi connectivity index (χ1) is 20.7. The van der Waals surface area contributed by atoms with E-state index in [-0.39, 0.29) is 42.3 Å². The second-order valence-electron chi connectivity index (χ2n) is 13.5. The molecule has 6 unspecified atom stereocenters.